The highest BCUT2D eigenvalue weighted by molar-refractivity contribution is 5.81. The van der Waals surface area contributed by atoms with Crippen LogP contribution in [0, 0.1) is 10.1 Å². The number of nitrogens with zero attached hydrogens (tertiary/aromatic N) is 1. The SMILES string of the molecule is CC(NCCC(=O)O)c1cc([N+](=O)[O-])cc2[nH]c(=O)c(=O)[nH]c12. The number of nitro benzene ring substituents is 1. The normalized spacial score (nSPS) is 12.2. The van der Waals surface area contributed by atoms with Gasteiger partial charge in [-0.2, -0.15) is 0 Å². The molecule has 0 spiro atoms. The third kappa shape index (κ3) is 3.61. The molecular formula is C13H14N4O6. The monoisotopic (exact) mass is 322 g/mol. The Hall–Kier alpha value is -3.01. The summed E-state index contributed by atoms with van der Waals surface area (Å²) in [5.41, 5.74) is -1.25. The number of aromatic nitrogens is 2. The molecule has 1 aromatic carbocycles. The number of rotatable bonds is 6. The number of fused-ring (bicyclic) bond motifs is 1. The van der Waals surface area contributed by atoms with E-state index in [0.717, 1.165) is 6.07 Å². The number of carboxylic acids is 1. The predicted molar refractivity (Wildman–Crippen MR) is 80.5 cm³/mol. The van der Waals surface area contributed by atoms with Crippen molar-refractivity contribution < 1.29 is 14.8 Å². The first-order chi connectivity index (χ1) is 10.8. The second kappa shape index (κ2) is 6.40. The third-order valence-electron chi connectivity index (χ3n) is 3.31. The molecule has 1 aromatic heterocycles. The number of aliphatic carboxylic acids is 1. The summed E-state index contributed by atoms with van der Waals surface area (Å²) >= 11 is 0. The first-order valence-corrected chi connectivity index (χ1v) is 6.69. The molecule has 0 bridgehead atoms. The zero-order valence-electron chi connectivity index (χ0n) is 12.1. The fourth-order valence-electron chi connectivity index (χ4n) is 2.19. The Bertz CT molecular complexity index is 884. The average molecular weight is 322 g/mol. The van der Waals surface area contributed by atoms with E-state index in [0.29, 0.717) is 5.56 Å². The first kappa shape index (κ1) is 16.4. The van der Waals surface area contributed by atoms with Crippen molar-refractivity contribution in [3.05, 3.63) is 48.5 Å². The maximum atomic E-state index is 11.5. The Balaban J connectivity index is 2.53. The maximum absolute atomic E-state index is 11.5. The van der Waals surface area contributed by atoms with Crippen LogP contribution in [0.15, 0.2) is 21.7 Å². The lowest BCUT2D eigenvalue weighted by Crippen LogP contribution is -2.30. The van der Waals surface area contributed by atoms with Crippen molar-refractivity contribution in [1.82, 2.24) is 15.3 Å². The maximum Gasteiger partial charge on any atom is 0.314 e. The predicted octanol–water partition coefficient (Wildman–Crippen LogP) is 0.250. The van der Waals surface area contributed by atoms with Crippen molar-refractivity contribution in [3.63, 3.8) is 0 Å². The van der Waals surface area contributed by atoms with Crippen LogP contribution in [0.4, 0.5) is 5.69 Å². The lowest BCUT2D eigenvalue weighted by atomic mass is 10.0. The molecule has 0 aliphatic carbocycles. The number of aromatic amines is 2. The van der Waals surface area contributed by atoms with Crippen LogP contribution in [-0.2, 0) is 4.79 Å². The van der Waals surface area contributed by atoms with Crippen molar-refractivity contribution in [3.8, 4) is 0 Å². The van der Waals surface area contributed by atoms with E-state index in [1.165, 1.54) is 6.07 Å². The van der Waals surface area contributed by atoms with Crippen LogP contribution in [0.2, 0.25) is 0 Å². The minimum Gasteiger partial charge on any atom is -0.481 e. The summed E-state index contributed by atoms with van der Waals surface area (Å²) in [5.74, 6) is -0.980. The lowest BCUT2D eigenvalue weighted by Gasteiger charge is -2.15. The number of nitrogens with one attached hydrogen (secondary N) is 3. The first-order valence-electron chi connectivity index (χ1n) is 6.69. The molecule has 0 saturated carbocycles. The smallest absolute Gasteiger partial charge is 0.314 e. The van der Waals surface area contributed by atoms with E-state index in [2.05, 4.69) is 15.3 Å². The Kier molecular flexibility index (Phi) is 4.55. The van der Waals surface area contributed by atoms with Gasteiger partial charge in [0.05, 0.1) is 22.4 Å². The molecule has 10 nitrogen and oxygen atoms in total. The van der Waals surface area contributed by atoms with E-state index in [9.17, 15) is 24.5 Å². The van der Waals surface area contributed by atoms with Crippen molar-refractivity contribution in [2.75, 3.05) is 6.54 Å². The molecule has 1 heterocycles. The molecule has 1 atom stereocenters. The summed E-state index contributed by atoms with van der Waals surface area (Å²) < 4.78 is 0. The molecule has 0 aliphatic heterocycles. The van der Waals surface area contributed by atoms with Gasteiger partial charge in [0.2, 0.25) is 0 Å². The highest BCUT2D eigenvalue weighted by Crippen LogP contribution is 2.26. The van der Waals surface area contributed by atoms with Crippen molar-refractivity contribution in [1.29, 1.82) is 0 Å². The van der Waals surface area contributed by atoms with Crippen LogP contribution in [0.5, 0.6) is 0 Å². The summed E-state index contributed by atoms with van der Waals surface area (Å²) in [7, 11) is 0. The molecule has 10 heteroatoms. The minimum absolute atomic E-state index is 0.120. The Morgan fingerprint density at radius 2 is 2.00 bits per heavy atom. The van der Waals surface area contributed by atoms with Crippen molar-refractivity contribution in [2.45, 2.75) is 19.4 Å². The van der Waals surface area contributed by atoms with Gasteiger partial charge in [-0.1, -0.05) is 0 Å². The number of nitro groups is 1. The molecule has 0 saturated heterocycles. The average Bonchev–Trinajstić information content (AvgIpc) is 2.46. The highest BCUT2D eigenvalue weighted by Gasteiger charge is 2.17. The largest absolute Gasteiger partial charge is 0.481 e. The van der Waals surface area contributed by atoms with E-state index in [1.54, 1.807) is 6.92 Å². The number of H-pyrrole nitrogens is 2. The molecule has 0 amide bonds. The molecule has 2 aromatic rings. The number of carbonyl (C=O) groups is 1. The Labute approximate surface area is 128 Å². The van der Waals surface area contributed by atoms with Gasteiger partial charge < -0.3 is 20.4 Å². The van der Waals surface area contributed by atoms with Gasteiger partial charge in [0.1, 0.15) is 0 Å². The van der Waals surface area contributed by atoms with Gasteiger partial charge in [-0.25, -0.2) is 0 Å². The topological polar surface area (TPSA) is 158 Å². The number of carboxylic acid groups (broad SMARTS) is 1. The van der Waals surface area contributed by atoms with E-state index in [-0.39, 0.29) is 29.7 Å². The molecule has 0 fully saturated rings. The van der Waals surface area contributed by atoms with Gasteiger partial charge in [0, 0.05) is 30.3 Å². The molecule has 23 heavy (non-hydrogen) atoms. The van der Waals surface area contributed by atoms with Crippen molar-refractivity contribution in [2.24, 2.45) is 0 Å². The van der Waals surface area contributed by atoms with Crippen LogP contribution < -0.4 is 16.4 Å². The Morgan fingerprint density at radius 1 is 1.35 bits per heavy atom. The van der Waals surface area contributed by atoms with Gasteiger partial charge in [0.15, 0.2) is 0 Å². The molecule has 1 unspecified atom stereocenters. The summed E-state index contributed by atoms with van der Waals surface area (Å²) in [4.78, 5) is 48.5. The standard InChI is InChI=1S/C13H14N4O6/c1-6(14-3-2-10(18)19)8-4-7(17(22)23)5-9-11(8)16-13(21)12(20)15-9/h4-6,14H,2-3H2,1H3,(H,15,20)(H,16,21)(H,18,19). The van der Waals surface area contributed by atoms with E-state index < -0.39 is 28.1 Å². The van der Waals surface area contributed by atoms with Crippen LogP contribution in [0.1, 0.15) is 24.9 Å². The lowest BCUT2D eigenvalue weighted by molar-refractivity contribution is -0.384. The van der Waals surface area contributed by atoms with Gasteiger partial charge in [-0.05, 0) is 6.92 Å². The molecule has 0 radical (unpaired) electrons. The highest BCUT2D eigenvalue weighted by atomic mass is 16.6. The zero-order chi connectivity index (χ0) is 17.1. The van der Waals surface area contributed by atoms with E-state index in [1.807, 2.05) is 0 Å². The third-order valence-corrected chi connectivity index (χ3v) is 3.31. The number of hydrogen-bond acceptors (Lipinski definition) is 6. The van der Waals surface area contributed by atoms with Gasteiger partial charge in [-0.3, -0.25) is 24.5 Å². The molecule has 122 valence electrons. The van der Waals surface area contributed by atoms with Crippen LogP contribution >= 0.6 is 0 Å². The van der Waals surface area contributed by atoms with Gasteiger partial charge >= 0.3 is 17.1 Å². The minimum atomic E-state index is -0.980. The summed E-state index contributed by atoms with van der Waals surface area (Å²) in [5, 5.41) is 22.6. The summed E-state index contributed by atoms with van der Waals surface area (Å²) in [6.07, 6.45) is -0.120. The van der Waals surface area contributed by atoms with Crippen LogP contribution in [-0.4, -0.2) is 32.5 Å². The molecule has 2 rings (SSSR count). The van der Waals surface area contributed by atoms with E-state index >= 15 is 0 Å². The zero-order valence-corrected chi connectivity index (χ0v) is 12.1. The summed E-state index contributed by atoms with van der Waals surface area (Å²) in [6.45, 7) is 1.82. The van der Waals surface area contributed by atoms with E-state index in [4.69, 9.17) is 5.11 Å². The second-order valence-electron chi connectivity index (χ2n) is 4.94. The van der Waals surface area contributed by atoms with Gasteiger partial charge in [0.25, 0.3) is 5.69 Å². The number of hydrogen-bond donors (Lipinski definition) is 4. The molecule has 4 N–H and O–H groups in total. The fourth-order valence-corrected chi connectivity index (χ4v) is 2.19. The van der Waals surface area contributed by atoms with Crippen LogP contribution in [0.25, 0.3) is 11.0 Å². The number of non-ortho nitro benzene ring substituents is 1. The Morgan fingerprint density at radius 3 is 2.61 bits per heavy atom. The summed E-state index contributed by atoms with van der Waals surface area (Å²) in [6, 6.07) is 1.95. The van der Waals surface area contributed by atoms with Crippen LogP contribution in [0.3, 0.4) is 0 Å². The van der Waals surface area contributed by atoms with Crippen molar-refractivity contribution >= 4 is 22.7 Å². The van der Waals surface area contributed by atoms with Gasteiger partial charge in [-0.15, -0.1) is 0 Å². The molecular weight excluding hydrogens is 308 g/mol. The number of benzene rings is 1. The molecule has 0 aliphatic rings. The quantitative estimate of drug-likeness (QED) is 0.337. The second-order valence-corrected chi connectivity index (χ2v) is 4.94. The fraction of sp³-hybridized carbons (Fsp3) is 0.308.